The van der Waals surface area contributed by atoms with E-state index in [1.165, 1.54) is 17.0 Å². The molecule has 3 rings (SSSR count). The van der Waals surface area contributed by atoms with Gasteiger partial charge in [-0.05, 0) is 18.9 Å². The number of carbonyl (C=O) groups excluding carboxylic acids is 1. The Hall–Kier alpha value is -3.30. The summed E-state index contributed by atoms with van der Waals surface area (Å²) in [5.74, 6) is -0.784. The highest BCUT2D eigenvalue weighted by atomic mass is 16.6. The van der Waals surface area contributed by atoms with Gasteiger partial charge in [0.05, 0.1) is 18.0 Å². The molecule has 1 amide bonds. The Morgan fingerprint density at radius 1 is 1.33 bits per heavy atom. The molecule has 0 bridgehead atoms. The first kappa shape index (κ1) is 18.5. The van der Waals surface area contributed by atoms with Gasteiger partial charge in [0.15, 0.2) is 5.82 Å². The zero-order chi connectivity index (χ0) is 19.9. The van der Waals surface area contributed by atoms with E-state index < -0.39 is 22.8 Å². The van der Waals surface area contributed by atoms with Crippen molar-refractivity contribution in [2.45, 2.75) is 45.8 Å². The second kappa shape index (κ2) is 6.78. The van der Waals surface area contributed by atoms with Crippen LogP contribution in [0, 0.1) is 17.0 Å². The number of carboxylic acids is 1. The summed E-state index contributed by atoms with van der Waals surface area (Å²) in [5.41, 5.74) is 0.432. The van der Waals surface area contributed by atoms with Crippen LogP contribution in [0.1, 0.15) is 47.3 Å². The molecular formula is C17H19N5O5. The number of aliphatic carboxylic acids is 1. The standard InChI is InChI=1S/C17H19N5O5/c1-9(2)12-5-4-11(6-13(12)22(26)27)16(23)21-8-15-19-18-10(3)20(15)7-14(21)17(24)25/h4-6,9,14H,7-8H2,1-3H3,(H,24,25). The average molecular weight is 373 g/mol. The topological polar surface area (TPSA) is 131 Å². The van der Waals surface area contributed by atoms with E-state index in [-0.39, 0.29) is 30.3 Å². The Kier molecular flexibility index (Phi) is 4.64. The van der Waals surface area contributed by atoms with E-state index in [1.54, 1.807) is 17.6 Å². The number of aromatic nitrogens is 3. The fourth-order valence-electron chi connectivity index (χ4n) is 3.23. The lowest BCUT2D eigenvalue weighted by Gasteiger charge is -2.33. The molecule has 142 valence electrons. The molecule has 0 aliphatic carbocycles. The third-order valence-corrected chi connectivity index (χ3v) is 4.70. The molecule has 0 saturated heterocycles. The number of carbonyl (C=O) groups is 2. The monoisotopic (exact) mass is 373 g/mol. The number of nitro groups is 1. The second-order valence-electron chi connectivity index (χ2n) is 6.75. The highest BCUT2D eigenvalue weighted by Crippen LogP contribution is 2.29. The summed E-state index contributed by atoms with van der Waals surface area (Å²) >= 11 is 0. The van der Waals surface area contributed by atoms with Crippen LogP contribution in [0.2, 0.25) is 0 Å². The number of hydrogen-bond acceptors (Lipinski definition) is 6. The number of nitrogens with zero attached hydrogens (tertiary/aromatic N) is 5. The summed E-state index contributed by atoms with van der Waals surface area (Å²) in [5, 5.41) is 28.8. The van der Waals surface area contributed by atoms with E-state index in [9.17, 15) is 24.8 Å². The zero-order valence-corrected chi connectivity index (χ0v) is 15.1. The quantitative estimate of drug-likeness (QED) is 0.637. The third-order valence-electron chi connectivity index (χ3n) is 4.70. The van der Waals surface area contributed by atoms with Crippen LogP contribution in [0.25, 0.3) is 0 Å². The van der Waals surface area contributed by atoms with Crippen LogP contribution in [-0.4, -0.2) is 47.6 Å². The lowest BCUT2D eigenvalue weighted by molar-refractivity contribution is -0.385. The molecule has 10 heteroatoms. The van der Waals surface area contributed by atoms with Crippen LogP contribution >= 0.6 is 0 Å². The molecule has 10 nitrogen and oxygen atoms in total. The van der Waals surface area contributed by atoms with E-state index in [1.807, 2.05) is 13.8 Å². The molecule has 1 aliphatic rings. The van der Waals surface area contributed by atoms with Gasteiger partial charge in [0.1, 0.15) is 11.9 Å². The maximum absolute atomic E-state index is 13.0. The van der Waals surface area contributed by atoms with Crippen molar-refractivity contribution in [1.82, 2.24) is 19.7 Å². The van der Waals surface area contributed by atoms with Crippen molar-refractivity contribution in [3.63, 3.8) is 0 Å². The van der Waals surface area contributed by atoms with E-state index in [2.05, 4.69) is 10.2 Å². The van der Waals surface area contributed by atoms with Crippen LogP contribution in [-0.2, 0) is 17.9 Å². The van der Waals surface area contributed by atoms with Crippen LogP contribution < -0.4 is 0 Å². The minimum absolute atomic E-state index is 0.0292. The van der Waals surface area contributed by atoms with E-state index in [4.69, 9.17) is 0 Å². The van der Waals surface area contributed by atoms with Crippen LogP contribution in [0.15, 0.2) is 18.2 Å². The Morgan fingerprint density at radius 3 is 2.63 bits per heavy atom. The van der Waals surface area contributed by atoms with Gasteiger partial charge in [-0.3, -0.25) is 14.9 Å². The molecule has 1 aromatic heterocycles. The fraction of sp³-hybridized carbons (Fsp3) is 0.412. The maximum Gasteiger partial charge on any atom is 0.328 e. The first-order chi connectivity index (χ1) is 12.7. The molecule has 1 aliphatic heterocycles. The van der Waals surface area contributed by atoms with Crippen molar-refractivity contribution in [2.75, 3.05) is 0 Å². The number of carboxylic acid groups (broad SMARTS) is 1. The molecule has 27 heavy (non-hydrogen) atoms. The molecule has 1 aromatic carbocycles. The third kappa shape index (κ3) is 3.25. The lowest BCUT2D eigenvalue weighted by Crippen LogP contribution is -2.50. The summed E-state index contributed by atoms with van der Waals surface area (Å²) in [4.78, 5) is 36.7. The summed E-state index contributed by atoms with van der Waals surface area (Å²) in [6.07, 6.45) is 0. The van der Waals surface area contributed by atoms with E-state index >= 15 is 0 Å². The second-order valence-corrected chi connectivity index (χ2v) is 6.75. The summed E-state index contributed by atoms with van der Waals surface area (Å²) in [7, 11) is 0. The van der Waals surface area contributed by atoms with Crippen LogP contribution in [0.3, 0.4) is 0 Å². The normalized spacial score (nSPS) is 16.3. The molecule has 2 heterocycles. The molecular weight excluding hydrogens is 354 g/mol. The molecule has 0 saturated carbocycles. The Morgan fingerprint density at radius 2 is 2.04 bits per heavy atom. The average Bonchev–Trinajstić information content (AvgIpc) is 2.99. The SMILES string of the molecule is Cc1nnc2n1CC(C(=O)O)N(C(=O)c1ccc(C(C)C)c([N+](=O)[O-])c1)C2. The van der Waals surface area contributed by atoms with E-state index in [0.717, 1.165) is 0 Å². The molecule has 2 aromatic rings. The molecule has 1 atom stereocenters. The largest absolute Gasteiger partial charge is 0.480 e. The highest BCUT2D eigenvalue weighted by molar-refractivity contribution is 5.97. The van der Waals surface area contributed by atoms with Crippen LogP contribution in [0.5, 0.6) is 0 Å². The van der Waals surface area contributed by atoms with Gasteiger partial charge in [0.25, 0.3) is 11.6 Å². The Bertz CT molecular complexity index is 936. The van der Waals surface area contributed by atoms with Crippen molar-refractivity contribution in [2.24, 2.45) is 0 Å². The predicted molar refractivity (Wildman–Crippen MR) is 93.2 cm³/mol. The molecule has 1 unspecified atom stereocenters. The summed E-state index contributed by atoms with van der Waals surface area (Å²) in [6.45, 7) is 5.35. The summed E-state index contributed by atoms with van der Waals surface area (Å²) < 4.78 is 1.66. The number of aryl methyl sites for hydroxylation is 1. The van der Waals surface area contributed by atoms with Crippen molar-refractivity contribution >= 4 is 17.6 Å². The van der Waals surface area contributed by atoms with Gasteiger partial charge in [-0.15, -0.1) is 10.2 Å². The smallest absolute Gasteiger partial charge is 0.328 e. The number of hydrogen-bond donors (Lipinski definition) is 1. The van der Waals surface area contributed by atoms with Crippen molar-refractivity contribution < 1.29 is 19.6 Å². The highest BCUT2D eigenvalue weighted by Gasteiger charge is 2.37. The van der Waals surface area contributed by atoms with E-state index in [0.29, 0.717) is 17.2 Å². The number of amides is 1. The van der Waals surface area contributed by atoms with Gasteiger partial charge in [-0.2, -0.15) is 0 Å². The summed E-state index contributed by atoms with van der Waals surface area (Å²) in [6, 6.07) is 3.14. The number of fused-ring (bicyclic) bond motifs is 1. The van der Waals surface area contributed by atoms with Gasteiger partial charge in [0, 0.05) is 17.2 Å². The van der Waals surface area contributed by atoms with Gasteiger partial charge in [0.2, 0.25) is 0 Å². The van der Waals surface area contributed by atoms with Gasteiger partial charge < -0.3 is 14.6 Å². The van der Waals surface area contributed by atoms with Gasteiger partial charge >= 0.3 is 5.97 Å². The van der Waals surface area contributed by atoms with Gasteiger partial charge in [-0.1, -0.05) is 19.9 Å². The lowest BCUT2D eigenvalue weighted by atomic mass is 9.98. The molecule has 0 radical (unpaired) electrons. The van der Waals surface area contributed by atoms with Crippen LogP contribution in [0.4, 0.5) is 5.69 Å². The number of nitro benzene ring substituents is 1. The molecule has 0 spiro atoms. The number of benzene rings is 1. The van der Waals surface area contributed by atoms with Gasteiger partial charge in [-0.25, -0.2) is 4.79 Å². The molecule has 0 fully saturated rings. The van der Waals surface area contributed by atoms with Crippen molar-refractivity contribution in [3.05, 3.63) is 51.1 Å². The minimum Gasteiger partial charge on any atom is -0.480 e. The predicted octanol–water partition coefficient (Wildman–Crippen LogP) is 1.73. The fourth-order valence-corrected chi connectivity index (χ4v) is 3.23. The zero-order valence-electron chi connectivity index (χ0n) is 15.1. The Balaban J connectivity index is 2.00. The first-order valence-electron chi connectivity index (χ1n) is 8.41. The Labute approximate surface area is 154 Å². The maximum atomic E-state index is 13.0. The van der Waals surface area contributed by atoms with Crippen molar-refractivity contribution in [3.8, 4) is 0 Å². The number of rotatable bonds is 4. The minimum atomic E-state index is -1.16. The van der Waals surface area contributed by atoms with Crippen molar-refractivity contribution in [1.29, 1.82) is 0 Å². The molecule has 1 N–H and O–H groups in total. The first-order valence-corrected chi connectivity index (χ1v) is 8.41.